The van der Waals surface area contributed by atoms with Crippen molar-refractivity contribution in [3.8, 4) is 0 Å². The van der Waals surface area contributed by atoms with E-state index in [4.69, 9.17) is 0 Å². The summed E-state index contributed by atoms with van der Waals surface area (Å²) in [5.41, 5.74) is -0.712. The molecule has 0 heterocycles. The van der Waals surface area contributed by atoms with E-state index in [1.54, 1.807) is 0 Å². The molecular formula is C22H46O3. The van der Waals surface area contributed by atoms with Gasteiger partial charge >= 0.3 is 0 Å². The Balaban J connectivity index is 3.39. The van der Waals surface area contributed by atoms with Gasteiger partial charge in [0.15, 0.2) is 0 Å². The monoisotopic (exact) mass is 358 g/mol. The Morgan fingerprint density at radius 3 is 1.20 bits per heavy atom. The van der Waals surface area contributed by atoms with Gasteiger partial charge in [-0.05, 0) is 12.3 Å². The lowest BCUT2D eigenvalue weighted by Crippen LogP contribution is -2.40. The molecule has 3 N–H and O–H groups in total. The Morgan fingerprint density at radius 2 is 0.880 bits per heavy atom. The standard InChI is InChI=1S/C22H46O3/c1-3-4-5-6-7-8-9-10-11-12-13-14-15-16-17-21(2)22(18-23,19-24)20-25/h21,23-25H,3-20H2,1-2H3. The van der Waals surface area contributed by atoms with Crippen molar-refractivity contribution in [2.75, 3.05) is 19.8 Å². The summed E-state index contributed by atoms with van der Waals surface area (Å²) in [6, 6.07) is 0. The molecule has 1 unspecified atom stereocenters. The van der Waals surface area contributed by atoms with Crippen molar-refractivity contribution in [1.82, 2.24) is 0 Å². The zero-order chi connectivity index (χ0) is 18.8. The Labute approximate surface area is 157 Å². The largest absolute Gasteiger partial charge is 0.396 e. The van der Waals surface area contributed by atoms with Crippen molar-refractivity contribution in [3.63, 3.8) is 0 Å². The molecule has 0 saturated carbocycles. The lowest BCUT2D eigenvalue weighted by Gasteiger charge is -2.34. The third kappa shape index (κ3) is 12.0. The van der Waals surface area contributed by atoms with Gasteiger partial charge in [0.25, 0.3) is 0 Å². The van der Waals surface area contributed by atoms with E-state index in [9.17, 15) is 15.3 Å². The highest BCUT2D eigenvalue weighted by Gasteiger charge is 2.34. The molecule has 0 fully saturated rings. The maximum atomic E-state index is 9.44. The molecule has 0 spiro atoms. The second-order valence-corrected chi connectivity index (χ2v) is 8.12. The Hall–Kier alpha value is -0.120. The van der Waals surface area contributed by atoms with Crippen molar-refractivity contribution >= 4 is 0 Å². The van der Waals surface area contributed by atoms with Crippen LogP contribution >= 0.6 is 0 Å². The second-order valence-electron chi connectivity index (χ2n) is 8.12. The fourth-order valence-electron chi connectivity index (χ4n) is 3.57. The lowest BCUT2D eigenvalue weighted by molar-refractivity contribution is -0.0361. The van der Waals surface area contributed by atoms with E-state index in [1.165, 1.54) is 83.5 Å². The van der Waals surface area contributed by atoms with Crippen molar-refractivity contribution in [2.24, 2.45) is 11.3 Å². The molecule has 25 heavy (non-hydrogen) atoms. The molecule has 0 aliphatic rings. The first-order valence-corrected chi connectivity index (χ1v) is 11.0. The van der Waals surface area contributed by atoms with E-state index in [-0.39, 0.29) is 25.7 Å². The minimum absolute atomic E-state index is 0.139. The molecule has 152 valence electrons. The molecule has 0 bridgehead atoms. The maximum absolute atomic E-state index is 9.44. The zero-order valence-electron chi connectivity index (χ0n) is 17.1. The first kappa shape index (κ1) is 24.9. The summed E-state index contributed by atoms with van der Waals surface area (Å²) < 4.78 is 0. The van der Waals surface area contributed by atoms with Gasteiger partial charge < -0.3 is 15.3 Å². The summed E-state index contributed by atoms with van der Waals surface area (Å²) in [6.45, 7) is 3.89. The molecule has 0 aliphatic carbocycles. The molecule has 0 aromatic heterocycles. The SMILES string of the molecule is CCCCCCCCCCCCCCCCC(C)C(CO)(CO)CO. The molecule has 0 aliphatic heterocycles. The molecular weight excluding hydrogens is 312 g/mol. The second kappa shape index (κ2) is 17.3. The Bertz CT molecular complexity index is 256. The summed E-state index contributed by atoms with van der Waals surface area (Å²) in [4.78, 5) is 0. The van der Waals surface area contributed by atoms with Gasteiger partial charge in [-0.1, -0.05) is 104 Å². The first-order valence-electron chi connectivity index (χ1n) is 11.0. The van der Waals surface area contributed by atoms with Gasteiger partial charge in [-0.15, -0.1) is 0 Å². The van der Waals surface area contributed by atoms with Crippen LogP contribution in [0.5, 0.6) is 0 Å². The molecule has 0 aromatic rings. The first-order chi connectivity index (χ1) is 12.2. The topological polar surface area (TPSA) is 60.7 Å². The quantitative estimate of drug-likeness (QED) is 0.269. The van der Waals surface area contributed by atoms with Crippen LogP contribution in [0.3, 0.4) is 0 Å². The fourth-order valence-corrected chi connectivity index (χ4v) is 3.57. The van der Waals surface area contributed by atoms with Crippen LogP contribution in [0.15, 0.2) is 0 Å². The molecule has 0 radical (unpaired) electrons. The highest BCUT2D eigenvalue weighted by atomic mass is 16.3. The summed E-state index contributed by atoms with van der Waals surface area (Å²) in [5.74, 6) is 0.157. The van der Waals surface area contributed by atoms with Gasteiger partial charge in [0.2, 0.25) is 0 Å². The normalized spacial score (nSPS) is 13.3. The number of aliphatic hydroxyl groups is 3. The van der Waals surface area contributed by atoms with E-state index in [0.29, 0.717) is 0 Å². The number of aliphatic hydroxyl groups excluding tert-OH is 3. The van der Waals surface area contributed by atoms with E-state index >= 15 is 0 Å². The third-order valence-corrected chi connectivity index (χ3v) is 5.98. The minimum atomic E-state index is -0.712. The molecule has 3 nitrogen and oxygen atoms in total. The third-order valence-electron chi connectivity index (χ3n) is 5.98. The zero-order valence-corrected chi connectivity index (χ0v) is 17.1. The van der Waals surface area contributed by atoms with Gasteiger partial charge in [-0.2, -0.15) is 0 Å². The van der Waals surface area contributed by atoms with Crippen molar-refractivity contribution in [3.05, 3.63) is 0 Å². The summed E-state index contributed by atoms with van der Waals surface area (Å²) in [6.07, 6.45) is 19.9. The van der Waals surface area contributed by atoms with Gasteiger partial charge in [-0.25, -0.2) is 0 Å². The predicted molar refractivity (Wildman–Crippen MR) is 108 cm³/mol. The smallest absolute Gasteiger partial charge is 0.0534 e. The molecule has 1 atom stereocenters. The number of hydrogen-bond acceptors (Lipinski definition) is 3. The molecule has 0 amide bonds. The van der Waals surface area contributed by atoms with Crippen LogP contribution in [-0.4, -0.2) is 35.1 Å². The van der Waals surface area contributed by atoms with Gasteiger partial charge in [0.1, 0.15) is 0 Å². The number of rotatable bonds is 19. The summed E-state index contributed by atoms with van der Waals surface area (Å²) in [5, 5.41) is 28.3. The average Bonchev–Trinajstić information content (AvgIpc) is 2.64. The minimum Gasteiger partial charge on any atom is -0.396 e. The van der Waals surface area contributed by atoms with Gasteiger partial charge in [-0.3, -0.25) is 0 Å². The molecule has 3 heteroatoms. The number of unbranched alkanes of at least 4 members (excludes halogenated alkanes) is 13. The van der Waals surface area contributed by atoms with Crippen molar-refractivity contribution in [1.29, 1.82) is 0 Å². The molecule has 0 saturated heterocycles. The average molecular weight is 359 g/mol. The Morgan fingerprint density at radius 1 is 0.560 bits per heavy atom. The van der Waals surface area contributed by atoms with Crippen LogP contribution in [0.1, 0.15) is 110 Å². The van der Waals surface area contributed by atoms with Crippen molar-refractivity contribution in [2.45, 2.75) is 110 Å². The van der Waals surface area contributed by atoms with Crippen LogP contribution in [-0.2, 0) is 0 Å². The fraction of sp³-hybridized carbons (Fsp3) is 1.00. The predicted octanol–water partition coefficient (Wildman–Crippen LogP) is 5.46. The Kier molecular flexibility index (Phi) is 17.2. The highest BCUT2D eigenvalue weighted by Crippen LogP contribution is 2.30. The van der Waals surface area contributed by atoms with Gasteiger partial charge in [0, 0.05) is 5.41 Å². The van der Waals surface area contributed by atoms with Gasteiger partial charge in [0.05, 0.1) is 19.8 Å². The van der Waals surface area contributed by atoms with Crippen molar-refractivity contribution < 1.29 is 15.3 Å². The van der Waals surface area contributed by atoms with Crippen LogP contribution in [0, 0.1) is 11.3 Å². The summed E-state index contributed by atoms with van der Waals surface area (Å²) >= 11 is 0. The number of hydrogen-bond donors (Lipinski definition) is 3. The summed E-state index contributed by atoms with van der Waals surface area (Å²) in [7, 11) is 0. The van der Waals surface area contributed by atoms with E-state index in [1.807, 2.05) is 6.92 Å². The highest BCUT2D eigenvalue weighted by molar-refractivity contribution is 4.82. The van der Waals surface area contributed by atoms with Crippen LogP contribution in [0.2, 0.25) is 0 Å². The van der Waals surface area contributed by atoms with E-state index < -0.39 is 5.41 Å². The van der Waals surface area contributed by atoms with Crippen LogP contribution in [0.25, 0.3) is 0 Å². The molecule has 0 rings (SSSR count). The van der Waals surface area contributed by atoms with Crippen LogP contribution < -0.4 is 0 Å². The van der Waals surface area contributed by atoms with E-state index in [0.717, 1.165) is 12.8 Å². The maximum Gasteiger partial charge on any atom is 0.0534 e. The lowest BCUT2D eigenvalue weighted by atomic mass is 9.75. The van der Waals surface area contributed by atoms with E-state index in [2.05, 4.69) is 6.92 Å². The van der Waals surface area contributed by atoms with Crippen LogP contribution in [0.4, 0.5) is 0 Å². The molecule has 0 aromatic carbocycles.